The Bertz CT molecular complexity index is 4470. The van der Waals surface area contributed by atoms with Crippen molar-refractivity contribution in [3.05, 3.63) is 101 Å². The number of carbonyl (C=O) groups is 20. The van der Waals surface area contributed by atoms with Crippen molar-refractivity contribution < 1.29 is 121 Å². The van der Waals surface area contributed by atoms with Gasteiger partial charge in [-0.3, -0.25) is 86.3 Å². The van der Waals surface area contributed by atoms with Gasteiger partial charge in [0.25, 0.3) is 5.91 Å². The molecular weight excluding hydrogens is 1600 g/mol. The number of Topliss-reactive ketones (excluding diaryl/α,β-unsaturated/α-hetero) is 1. The summed E-state index contributed by atoms with van der Waals surface area (Å²) >= 11 is 0. The number of primary amides is 1. The Labute approximate surface area is 699 Å². The van der Waals surface area contributed by atoms with Crippen molar-refractivity contribution in [3.8, 4) is 0 Å². The van der Waals surface area contributed by atoms with E-state index in [1.54, 1.807) is 42.6 Å². The number of nitrogen functional groups attached to an aromatic ring is 1. The first-order valence-electron chi connectivity index (χ1n) is 39.8. The number of hydrogen-bond acceptors (Lipinski definition) is 24. The molecule has 2 unspecified atom stereocenters. The fourth-order valence-corrected chi connectivity index (χ4v) is 13.8. The molecule has 1 aliphatic carbocycles. The number of rotatable bonds is 33. The highest BCUT2D eigenvalue weighted by molar-refractivity contribution is 6.16. The van der Waals surface area contributed by atoms with E-state index in [0.717, 1.165) is 64.5 Å². The molecule has 14 amide bonds. The van der Waals surface area contributed by atoms with Crippen molar-refractivity contribution >= 4 is 135 Å². The molecule has 1 saturated heterocycles. The van der Waals surface area contributed by atoms with Crippen molar-refractivity contribution in [1.29, 1.82) is 0 Å². The molecule has 42 heteroatoms. The molecule has 1 aromatic heterocycles. The zero-order valence-corrected chi connectivity index (χ0v) is 67.7. The van der Waals surface area contributed by atoms with Crippen molar-refractivity contribution in [2.24, 2.45) is 23.3 Å². The lowest BCUT2D eigenvalue weighted by atomic mass is 9.77. The first-order chi connectivity index (χ1) is 57.9. The summed E-state index contributed by atoms with van der Waals surface area (Å²) in [6.07, 6.45) is 3.42. The minimum atomic E-state index is -2.70. The third kappa shape index (κ3) is 30.2. The Morgan fingerprint density at radius 3 is 1.80 bits per heavy atom. The zero-order valence-electron chi connectivity index (χ0n) is 67.7. The molecule has 0 spiro atoms. The Morgan fingerprint density at radius 2 is 1.19 bits per heavy atom. The maximum Gasteiger partial charge on any atom is 0.337 e. The first kappa shape index (κ1) is 97.6. The normalized spacial score (nSPS) is 22.6. The summed E-state index contributed by atoms with van der Waals surface area (Å²) in [6, 6.07) is -4.17. The van der Waals surface area contributed by atoms with E-state index >= 15 is 0 Å². The lowest BCUT2D eigenvalue weighted by Crippen LogP contribution is -2.62. The average Bonchev–Trinajstić information content (AvgIpc) is 1.41. The molecule has 3 aromatic carbocycles. The number of aliphatic hydroxyl groups is 1. The number of ketones is 1. The Hall–Kier alpha value is -13.3. The third-order valence-electron chi connectivity index (χ3n) is 20.5. The van der Waals surface area contributed by atoms with Crippen molar-refractivity contribution in [1.82, 2.24) is 74.1 Å². The summed E-state index contributed by atoms with van der Waals surface area (Å²) in [5.41, 5.74) is 19.0. The number of unbranched alkanes of at least 4 members (excludes halogenated alkanes) is 3. The highest BCUT2D eigenvalue weighted by Gasteiger charge is 2.43. The predicted molar refractivity (Wildman–Crippen MR) is 431 cm³/mol. The number of aromatic nitrogens is 1. The van der Waals surface area contributed by atoms with Crippen LogP contribution in [-0.2, 0) is 97.5 Å². The Morgan fingerprint density at radius 1 is 0.590 bits per heavy atom. The standard InChI is InChI=1S/C80H107N17O25/c1-5-6-7-8-14-43-20-22-44(23-21-43)45-24-26-46(27-25-45)70(111)92-54(32-47-36-84-51-18-12-10-15-48(47)51)74(115)93-55(33-59(83)100)75(116)94-57(35-64(107)108)76(117)96-66-42(4)122-80(121)67(68(109)49-16-9-11-17-50(49)82)97-79(120)65(40(2)31-62(103)104)95-77(118)58(39-99)89-61(102)37-85-71(112)56(34-63(105)106)91-69(110)41(3)87-72(113)53(28-30-98)90-73(114)52(19-13-29-81)88-60(101)38-86-78(66)119/h9-12,15-18,24-27,30,36,40-44,52-58,65-67,84,99H,5-8,13-14,19-23,28-29,31-35,37-39,81-82H2,1-4H3,(H2,83,100)(H,85,112)(H,86,119)(H,87,113)(H,88,101)(H,89,102)(H,90,114)(H,91,110)(H,92,111)(H,93,115)(H,94,116)(H,95,118)(H,96,117)(H,97,120)(H,103,104)(H,105,106)(H,107,108)/t40-,41-,42-,43?,44?,52+,53+,54?,55-,56+,57+,58-,65+,66+,67?/m1/s1. The molecule has 13 atom stereocenters. The fourth-order valence-electron chi connectivity index (χ4n) is 13.8. The van der Waals surface area contributed by atoms with Gasteiger partial charge in [-0.1, -0.05) is 88.4 Å². The number of benzene rings is 3. The lowest BCUT2D eigenvalue weighted by molar-refractivity contribution is -0.155. The molecule has 1 saturated carbocycles. The monoisotopic (exact) mass is 1710 g/mol. The van der Waals surface area contributed by atoms with Crippen LogP contribution in [0.3, 0.4) is 0 Å². The predicted octanol–water partition coefficient (Wildman–Crippen LogP) is -3.48. The third-order valence-corrected chi connectivity index (χ3v) is 20.5. The molecule has 122 heavy (non-hydrogen) atoms. The second-order valence-corrected chi connectivity index (χ2v) is 29.9. The number of amides is 14. The van der Waals surface area contributed by atoms with Gasteiger partial charge < -0.3 is 121 Å². The molecule has 1 aliphatic heterocycles. The molecule has 2 aliphatic rings. The molecule has 0 bridgehead atoms. The van der Waals surface area contributed by atoms with E-state index in [2.05, 4.69) is 65.1 Å². The number of aliphatic carboxylic acids is 3. The molecule has 2 fully saturated rings. The van der Waals surface area contributed by atoms with Crippen LogP contribution in [0.5, 0.6) is 0 Å². The number of carboxylic acid groups (broad SMARTS) is 3. The van der Waals surface area contributed by atoms with Gasteiger partial charge in [0.05, 0.1) is 45.4 Å². The SMILES string of the molecule is CCCCCCC1CCC(c2ccc(C(=O)NC(Cc3c[nH]c4ccccc34)C(=O)N[C@H](CC(N)=O)C(=O)N[C@@H](CC(=O)O)C(=O)N[C@@H]3C(=O)NCC(=O)N[C@@H](CCCN)C(=O)N[C@@H](CC=O)C(=O)N[C@H](C)C(=O)N[C@@H](CC(=O)O)C(=O)NCC(=O)N[C@H](CO)C(=O)N[C@@H]([C@H](C)CC(=O)O)C(=O)NC(C(=O)c4ccccc4N)C(=O)O[C@@H]3C)cc2)CC1. The number of nitrogens with two attached hydrogens (primary N) is 3. The number of carboxylic acids is 3. The number of aldehydes is 1. The second-order valence-electron chi connectivity index (χ2n) is 29.9. The smallest absolute Gasteiger partial charge is 0.337 e. The number of anilines is 1. The highest BCUT2D eigenvalue weighted by atomic mass is 16.5. The number of H-pyrrole nitrogens is 1. The number of aliphatic hydroxyl groups excluding tert-OH is 1. The number of aromatic amines is 1. The van der Waals surface area contributed by atoms with Crippen LogP contribution in [0.1, 0.15) is 168 Å². The van der Waals surface area contributed by atoms with Crippen LogP contribution in [0.25, 0.3) is 10.9 Å². The van der Waals surface area contributed by atoms with E-state index in [9.17, 15) is 116 Å². The number of para-hydroxylation sites is 2. The number of hydrogen-bond donors (Lipinski definition) is 21. The van der Waals surface area contributed by atoms with Crippen molar-refractivity contribution in [2.45, 2.75) is 215 Å². The molecular formula is C80H107N17O25. The molecule has 24 N–H and O–H groups in total. The maximum atomic E-state index is 14.9. The summed E-state index contributed by atoms with van der Waals surface area (Å²) < 4.78 is 5.66. The number of ether oxygens (including phenoxy) is 1. The van der Waals surface area contributed by atoms with Gasteiger partial charge in [-0.2, -0.15) is 0 Å². The Balaban J connectivity index is 1.38. The van der Waals surface area contributed by atoms with Gasteiger partial charge in [0.1, 0.15) is 72.8 Å². The van der Waals surface area contributed by atoms with Crippen LogP contribution >= 0.6 is 0 Å². The fraction of sp³-hybridized carbons (Fsp3) is 0.500. The maximum absolute atomic E-state index is 14.9. The molecule has 6 rings (SSSR count). The minimum Gasteiger partial charge on any atom is -0.481 e. The largest absolute Gasteiger partial charge is 0.481 e. The average molecular weight is 1710 g/mol. The van der Waals surface area contributed by atoms with Crippen LogP contribution in [0.2, 0.25) is 0 Å². The van der Waals surface area contributed by atoms with Gasteiger partial charge in [0.2, 0.25) is 76.8 Å². The van der Waals surface area contributed by atoms with Gasteiger partial charge in [0, 0.05) is 46.8 Å². The lowest BCUT2D eigenvalue weighted by Gasteiger charge is -2.30. The van der Waals surface area contributed by atoms with E-state index in [-0.39, 0.29) is 49.3 Å². The van der Waals surface area contributed by atoms with Crippen LogP contribution in [0.15, 0.2) is 79.0 Å². The van der Waals surface area contributed by atoms with E-state index in [1.807, 2.05) is 28.1 Å². The molecule has 662 valence electrons. The molecule has 42 nitrogen and oxygen atoms in total. The van der Waals surface area contributed by atoms with Gasteiger partial charge >= 0.3 is 23.9 Å². The van der Waals surface area contributed by atoms with Crippen molar-refractivity contribution in [3.63, 3.8) is 0 Å². The first-order valence-corrected chi connectivity index (χ1v) is 39.8. The van der Waals surface area contributed by atoms with Gasteiger partial charge in [-0.05, 0) is 118 Å². The summed E-state index contributed by atoms with van der Waals surface area (Å²) in [7, 11) is 0. The summed E-state index contributed by atoms with van der Waals surface area (Å²) in [5.74, 6) is -27.7. The topological polar surface area (TPSA) is 682 Å². The van der Waals surface area contributed by atoms with E-state index in [0.29, 0.717) is 22.4 Å². The quantitative estimate of drug-likeness (QED) is 0.00550. The molecule has 2 heterocycles. The number of nitrogens with one attached hydrogen (secondary N) is 14. The van der Waals surface area contributed by atoms with Gasteiger partial charge in [-0.25, -0.2) is 4.79 Å². The molecule has 0 radical (unpaired) electrons. The highest BCUT2D eigenvalue weighted by Crippen LogP contribution is 2.38. The second kappa shape index (κ2) is 48.1. The summed E-state index contributed by atoms with van der Waals surface area (Å²) in [5, 5.41) is 69.3. The van der Waals surface area contributed by atoms with Crippen LogP contribution < -0.4 is 86.3 Å². The van der Waals surface area contributed by atoms with Crippen molar-refractivity contribution in [2.75, 3.05) is 32.0 Å². The Kier molecular flexibility index (Phi) is 38.5. The van der Waals surface area contributed by atoms with Crippen LogP contribution in [-0.4, -0.2) is 243 Å². The summed E-state index contributed by atoms with van der Waals surface area (Å²) in [6.45, 7) is 1.30. The molecule has 4 aromatic rings. The number of esters is 1. The minimum absolute atomic E-state index is 0.0521. The van der Waals surface area contributed by atoms with E-state index in [4.69, 9.17) is 21.9 Å². The number of cyclic esters (lactones) is 1. The number of carbonyl (C=O) groups excluding carboxylic acids is 17. The number of fused-ring (bicyclic) bond motifs is 1. The van der Waals surface area contributed by atoms with E-state index < -0.39 is 248 Å². The van der Waals surface area contributed by atoms with Gasteiger partial charge in [-0.15, -0.1) is 0 Å². The van der Waals surface area contributed by atoms with Crippen LogP contribution in [0, 0.1) is 11.8 Å². The van der Waals surface area contributed by atoms with Gasteiger partial charge in [0.15, 0.2) is 11.8 Å². The zero-order chi connectivity index (χ0) is 90.0. The summed E-state index contributed by atoms with van der Waals surface area (Å²) in [4.78, 5) is 279. The van der Waals surface area contributed by atoms with Crippen LogP contribution in [0.4, 0.5) is 5.69 Å². The van der Waals surface area contributed by atoms with E-state index in [1.165, 1.54) is 43.9 Å².